The van der Waals surface area contributed by atoms with Crippen molar-refractivity contribution in [3.05, 3.63) is 70.1 Å². The van der Waals surface area contributed by atoms with Crippen LogP contribution in [0.5, 0.6) is 0 Å². The van der Waals surface area contributed by atoms with Gasteiger partial charge in [-0.15, -0.1) is 0 Å². The highest BCUT2D eigenvalue weighted by atomic mass is 16.2. The molecule has 0 spiro atoms. The second-order valence-electron chi connectivity index (χ2n) is 6.87. The molecule has 1 aliphatic rings. The molecule has 1 aromatic heterocycles. The molecule has 0 saturated heterocycles. The van der Waals surface area contributed by atoms with Crippen molar-refractivity contribution in [2.75, 3.05) is 0 Å². The Kier molecular flexibility index (Phi) is 4.37. The predicted octanol–water partition coefficient (Wildman–Crippen LogP) is 3.02. The van der Waals surface area contributed by atoms with Crippen LogP contribution in [0.15, 0.2) is 53.3 Å². The van der Waals surface area contributed by atoms with Gasteiger partial charge in [0.15, 0.2) is 0 Å². The van der Waals surface area contributed by atoms with Crippen LogP contribution in [0.4, 0.5) is 0 Å². The Morgan fingerprint density at radius 2 is 1.77 bits per heavy atom. The molecule has 5 heteroatoms. The highest BCUT2D eigenvalue weighted by Crippen LogP contribution is 2.30. The Balaban J connectivity index is 1.59. The van der Waals surface area contributed by atoms with Gasteiger partial charge in [0.2, 0.25) is 5.91 Å². The summed E-state index contributed by atoms with van der Waals surface area (Å²) in [4.78, 5) is 25.5. The zero-order chi connectivity index (χ0) is 18.1. The molecular formula is C21H23N3O2. The van der Waals surface area contributed by atoms with Crippen LogP contribution in [0.3, 0.4) is 0 Å². The van der Waals surface area contributed by atoms with Gasteiger partial charge in [-0.05, 0) is 42.5 Å². The molecule has 0 aliphatic heterocycles. The smallest absolute Gasteiger partial charge is 0.329 e. The molecule has 26 heavy (non-hydrogen) atoms. The van der Waals surface area contributed by atoms with Gasteiger partial charge in [0.05, 0.1) is 17.1 Å². The number of aryl methyl sites for hydroxylation is 2. The van der Waals surface area contributed by atoms with Crippen molar-refractivity contribution in [1.82, 2.24) is 14.5 Å². The van der Waals surface area contributed by atoms with Gasteiger partial charge in [-0.25, -0.2) is 4.79 Å². The quantitative estimate of drug-likeness (QED) is 0.770. The van der Waals surface area contributed by atoms with E-state index < -0.39 is 0 Å². The molecule has 3 aromatic rings. The summed E-state index contributed by atoms with van der Waals surface area (Å²) in [5, 5.41) is 3.11. The third-order valence-electron chi connectivity index (χ3n) is 5.14. The summed E-state index contributed by atoms with van der Waals surface area (Å²) >= 11 is 0. The van der Waals surface area contributed by atoms with E-state index in [4.69, 9.17) is 0 Å². The molecule has 0 fully saturated rings. The molecule has 1 aliphatic carbocycles. The Morgan fingerprint density at radius 3 is 2.54 bits per heavy atom. The number of amides is 1. The van der Waals surface area contributed by atoms with Crippen LogP contribution in [0.1, 0.15) is 36.9 Å². The van der Waals surface area contributed by atoms with Crippen molar-refractivity contribution in [3.63, 3.8) is 0 Å². The lowest BCUT2D eigenvalue weighted by Gasteiger charge is -2.14. The van der Waals surface area contributed by atoms with Crippen LogP contribution in [-0.2, 0) is 24.3 Å². The molecule has 134 valence electrons. The van der Waals surface area contributed by atoms with Gasteiger partial charge in [0, 0.05) is 6.54 Å². The average Bonchev–Trinajstić information content (AvgIpc) is 3.17. The number of aromatic nitrogens is 2. The van der Waals surface area contributed by atoms with Crippen molar-refractivity contribution in [2.45, 2.75) is 45.3 Å². The summed E-state index contributed by atoms with van der Waals surface area (Å²) < 4.78 is 3.34. The number of fused-ring (bicyclic) bond motifs is 2. The molecule has 4 rings (SSSR count). The second-order valence-corrected chi connectivity index (χ2v) is 6.87. The van der Waals surface area contributed by atoms with Gasteiger partial charge < -0.3 is 5.32 Å². The molecule has 1 heterocycles. The maximum atomic E-state index is 12.8. The average molecular weight is 349 g/mol. The number of benzene rings is 2. The summed E-state index contributed by atoms with van der Waals surface area (Å²) in [6, 6.07) is 15.9. The molecule has 1 N–H and O–H groups in total. The predicted molar refractivity (Wildman–Crippen MR) is 102 cm³/mol. The summed E-state index contributed by atoms with van der Waals surface area (Å²) in [6.45, 7) is 2.75. The molecule has 1 amide bonds. The van der Waals surface area contributed by atoms with E-state index in [9.17, 15) is 9.59 Å². The number of hydrogen-bond donors (Lipinski definition) is 1. The third kappa shape index (κ3) is 2.83. The van der Waals surface area contributed by atoms with Crippen LogP contribution >= 0.6 is 0 Å². The minimum atomic E-state index is -0.117. The largest absolute Gasteiger partial charge is 0.348 e. The van der Waals surface area contributed by atoms with Gasteiger partial charge in [0.25, 0.3) is 0 Å². The van der Waals surface area contributed by atoms with Crippen molar-refractivity contribution in [1.29, 1.82) is 0 Å². The Labute approximate surface area is 152 Å². The van der Waals surface area contributed by atoms with Gasteiger partial charge in [-0.2, -0.15) is 0 Å². The van der Waals surface area contributed by atoms with Crippen LogP contribution in [0.2, 0.25) is 0 Å². The number of carbonyl (C=O) groups excluding carboxylic acids is 1. The molecule has 1 atom stereocenters. The van der Waals surface area contributed by atoms with Crippen molar-refractivity contribution in [2.24, 2.45) is 0 Å². The van der Waals surface area contributed by atoms with E-state index in [-0.39, 0.29) is 24.2 Å². The van der Waals surface area contributed by atoms with Crippen LogP contribution in [0, 0.1) is 0 Å². The minimum Gasteiger partial charge on any atom is -0.348 e. The highest BCUT2D eigenvalue weighted by Gasteiger charge is 2.24. The van der Waals surface area contributed by atoms with Gasteiger partial charge in [-0.3, -0.25) is 13.9 Å². The lowest BCUT2D eigenvalue weighted by atomic mass is 10.1. The molecule has 0 saturated carbocycles. The van der Waals surface area contributed by atoms with Crippen molar-refractivity contribution in [3.8, 4) is 0 Å². The van der Waals surface area contributed by atoms with Crippen molar-refractivity contribution < 1.29 is 4.79 Å². The van der Waals surface area contributed by atoms with E-state index in [0.717, 1.165) is 30.3 Å². The van der Waals surface area contributed by atoms with E-state index in [1.54, 1.807) is 9.13 Å². The monoisotopic (exact) mass is 349 g/mol. The first-order valence-electron chi connectivity index (χ1n) is 9.24. The Bertz CT molecular complexity index is 1020. The van der Waals surface area contributed by atoms with E-state index in [2.05, 4.69) is 17.4 Å². The van der Waals surface area contributed by atoms with Gasteiger partial charge in [-0.1, -0.05) is 43.3 Å². The Hall–Kier alpha value is -2.82. The Morgan fingerprint density at radius 1 is 1.08 bits per heavy atom. The first-order valence-corrected chi connectivity index (χ1v) is 9.24. The van der Waals surface area contributed by atoms with E-state index >= 15 is 0 Å². The van der Waals surface area contributed by atoms with E-state index in [1.165, 1.54) is 11.1 Å². The highest BCUT2D eigenvalue weighted by molar-refractivity contribution is 5.81. The molecular weight excluding hydrogens is 326 g/mol. The van der Waals surface area contributed by atoms with Crippen LogP contribution in [0.25, 0.3) is 11.0 Å². The van der Waals surface area contributed by atoms with E-state index in [1.807, 2.05) is 43.3 Å². The standard InChI is InChI=1S/C21H23N3O2/c1-2-13-23-18-9-5-6-10-19(18)24(21(23)26)14-20(25)22-17-12-11-15-7-3-4-8-16(15)17/h3-10,17H,2,11-14H2,1H3,(H,22,25)/t17-/m0/s1. The second kappa shape index (κ2) is 6.83. The minimum absolute atomic E-state index is 0.0402. The lowest BCUT2D eigenvalue weighted by molar-refractivity contribution is -0.122. The molecule has 5 nitrogen and oxygen atoms in total. The van der Waals surface area contributed by atoms with Crippen molar-refractivity contribution >= 4 is 16.9 Å². The first-order chi connectivity index (χ1) is 12.7. The SMILES string of the molecule is CCCn1c(=O)n(CC(=O)N[C@H]2CCc3ccccc32)c2ccccc21. The normalized spacial score (nSPS) is 16.0. The number of carbonyl (C=O) groups is 1. The maximum Gasteiger partial charge on any atom is 0.329 e. The lowest BCUT2D eigenvalue weighted by Crippen LogP contribution is -2.34. The molecule has 0 radical (unpaired) electrons. The number of rotatable bonds is 5. The first kappa shape index (κ1) is 16.6. The third-order valence-corrected chi connectivity index (χ3v) is 5.14. The topological polar surface area (TPSA) is 56.0 Å². The maximum absolute atomic E-state index is 12.8. The summed E-state index contributed by atoms with van der Waals surface area (Å²) in [7, 11) is 0. The van der Waals surface area contributed by atoms with Crippen LogP contribution < -0.4 is 11.0 Å². The molecule has 0 bridgehead atoms. The number of hydrogen-bond acceptors (Lipinski definition) is 2. The van der Waals surface area contributed by atoms with Crippen LogP contribution in [-0.4, -0.2) is 15.0 Å². The zero-order valence-electron chi connectivity index (χ0n) is 14.9. The fourth-order valence-electron chi connectivity index (χ4n) is 3.96. The number of imidazole rings is 1. The summed E-state index contributed by atoms with van der Waals surface area (Å²) in [5.74, 6) is -0.117. The summed E-state index contributed by atoms with van der Waals surface area (Å²) in [6.07, 6.45) is 2.77. The number of nitrogens with one attached hydrogen (secondary N) is 1. The number of nitrogens with zero attached hydrogens (tertiary/aromatic N) is 2. The fourth-order valence-corrected chi connectivity index (χ4v) is 3.96. The molecule has 2 aromatic carbocycles. The van der Waals surface area contributed by atoms with Gasteiger partial charge in [0.1, 0.15) is 6.54 Å². The molecule has 0 unspecified atom stereocenters. The number of para-hydroxylation sites is 2. The van der Waals surface area contributed by atoms with Gasteiger partial charge >= 0.3 is 5.69 Å². The fraction of sp³-hybridized carbons (Fsp3) is 0.333. The zero-order valence-corrected chi connectivity index (χ0v) is 14.9. The van der Waals surface area contributed by atoms with E-state index in [0.29, 0.717) is 6.54 Å². The summed E-state index contributed by atoms with van der Waals surface area (Å²) in [5.41, 5.74) is 4.08.